The Balaban J connectivity index is 1.01. The van der Waals surface area contributed by atoms with Crippen LogP contribution in [0.4, 0.5) is 0 Å². The monoisotopic (exact) mass is 662 g/mol. The lowest BCUT2D eigenvalue weighted by atomic mass is 10.0. The zero-order valence-corrected chi connectivity index (χ0v) is 27.8. The van der Waals surface area contributed by atoms with Crippen molar-refractivity contribution < 1.29 is 8.83 Å². The molecule has 10 rings (SSSR count). The van der Waals surface area contributed by atoms with Crippen molar-refractivity contribution in [3.63, 3.8) is 0 Å². The molecule has 0 saturated carbocycles. The van der Waals surface area contributed by atoms with Crippen LogP contribution in [0.1, 0.15) is 40.6 Å². The Morgan fingerprint density at radius 3 is 2.37 bits per heavy atom. The molecule has 9 aromatic rings. The van der Waals surface area contributed by atoms with Crippen LogP contribution >= 0.6 is 0 Å². The first-order valence-electron chi connectivity index (χ1n) is 17.5. The Labute approximate surface area is 294 Å². The largest absolute Gasteiger partial charge is 0.456 e. The number of benzene rings is 6. The second-order valence-corrected chi connectivity index (χ2v) is 13.2. The first-order valence-corrected chi connectivity index (χ1v) is 17.5. The number of nitrogens with two attached hydrogens (primary N) is 1. The van der Waals surface area contributed by atoms with Crippen LogP contribution in [0.5, 0.6) is 0 Å². The zero-order valence-electron chi connectivity index (χ0n) is 27.8. The Morgan fingerprint density at radius 2 is 1.49 bits per heavy atom. The van der Waals surface area contributed by atoms with Gasteiger partial charge in [-0.25, -0.2) is 0 Å². The van der Waals surface area contributed by atoms with Crippen molar-refractivity contribution in [3.05, 3.63) is 168 Å². The van der Waals surface area contributed by atoms with E-state index in [1.54, 1.807) is 0 Å². The molecule has 0 radical (unpaired) electrons. The van der Waals surface area contributed by atoms with Crippen molar-refractivity contribution in [1.82, 2.24) is 9.88 Å². The summed E-state index contributed by atoms with van der Waals surface area (Å²) in [7, 11) is 0. The van der Waals surface area contributed by atoms with Crippen LogP contribution in [0.2, 0.25) is 0 Å². The summed E-state index contributed by atoms with van der Waals surface area (Å²) in [6.45, 7) is 0.484. The minimum Gasteiger partial charge on any atom is -0.456 e. The van der Waals surface area contributed by atoms with Crippen molar-refractivity contribution in [2.45, 2.75) is 25.6 Å². The van der Waals surface area contributed by atoms with Crippen LogP contribution in [0, 0.1) is 0 Å². The van der Waals surface area contributed by atoms with Crippen LogP contribution in [0.3, 0.4) is 0 Å². The SMILES string of the molecule is NC(N/C(=N\Cc1ccc(-n2c3ccccc3c3ccc4c5c(oc4c32)C=CCC5)cc1)c1ccccc1)c1cccc2oc3ccccc3c12. The molecule has 0 aliphatic heterocycles. The van der Waals surface area contributed by atoms with Gasteiger partial charge in [0.25, 0.3) is 0 Å². The second-order valence-electron chi connectivity index (χ2n) is 13.2. The lowest BCUT2D eigenvalue weighted by molar-refractivity contribution is 0.597. The Bertz CT molecular complexity index is 2820. The van der Waals surface area contributed by atoms with Gasteiger partial charge in [-0.2, -0.15) is 0 Å². The molecule has 1 aliphatic carbocycles. The molecule has 0 fully saturated rings. The summed E-state index contributed by atoms with van der Waals surface area (Å²) in [6.07, 6.45) is 5.86. The van der Waals surface area contributed by atoms with E-state index < -0.39 is 6.17 Å². The molecule has 246 valence electrons. The average Bonchev–Trinajstić information content (AvgIpc) is 3.87. The fourth-order valence-electron chi connectivity index (χ4n) is 7.77. The number of hydrogen-bond acceptors (Lipinski definition) is 4. The number of nitrogens with zero attached hydrogens (tertiary/aromatic N) is 2. The summed E-state index contributed by atoms with van der Waals surface area (Å²) < 4.78 is 15.1. The van der Waals surface area contributed by atoms with Crippen LogP contribution in [0.15, 0.2) is 153 Å². The maximum Gasteiger partial charge on any atom is 0.159 e. The lowest BCUT2D eigenvalue weighted by Gasteiger charge is -2.19. The summed E-state index contributed by atoms with van der Waals surface area (Å²) in [6, 6.07) is 46.1. The normalized spacial score (nSPS) is 13.9. The van der Waals surface area contributed by atoms with Gasteiger partial charge in [-0.05, 0) is 54.8 Å². The summed E-state index contributed by atoms with van der Waals surface area (Å²) >= 11 is 0. The molecule has 3 heterocycles. The molecule has 3 N–H and O–H groups in total. The maximum atomic E-state index is 6.91. The third-order valence-electron chi connectivity index (χ3n) is 10.2. The van der Waals surface area contributed by atoms with E-state index >= 15 is 0 Å². The number of amidine groups is 1. The van der Waals surface area contributed by atoms with E-state index in [0.717, 1.165) is 85.4 Å². The summed E-state index contributed by atoms with van der Waals surface area (Å²) in [5.74, 6) is 1.71. The zero-order chi connectivity index (χ0) is 33.9. The molecule has 1 atom stereocenters. The van der Waals surface area contributed by atoms with Crippen molar-refractivity contribution in [1.29, 1.82) is 0 Å². The van der Waals surface area contributed by atoms with E-state index in [2.05, 4.69) is 107 Å². The minimum atomic E-state index is -0.508. The fraction of sp³-hybridized carbons (Fsp3) is 0.0889. The van der Waals surface area contributed by atoms with Gasteiger partial charge in [0.15, 0.2) is 5.58 Å². The first-order chi connectivity index (χ1) is 25.2. The highest BCUT2D eigenvalue weighted by molar-refractivity contribution is 6.18. The molecule has 0 amide bonds. The van der Waals surface area contributed by atoms with Crippen molar-refractivity contribution in [3.8, 4) is 5.69 Å². The number of furan rings is 2. The third kappa shape index (κ3) is 4.87. The van der Waals surface area contributed by atoms with Gasteiger partial charge in [0.2, 0.25) is 0 Å². The fourth-order valence-corrected chi connectivity index (χ4v) is 7.77. The number of hydrogen-bond donors (Lipinski definition) is 2. The molecular formula is C45H34N4O2. The van der Waals surface area contributed by atoms with Gasteiger partial charge in [0, 0.05) is 49.3 Å². The van der Waals surface area contributed by atoms with Crippen molar-refractivity contribution in [2.75, 3.05) is 0 Å². The molecule has 51 heavy (non-hydrogen) atoms. The predicted molar refractivity (Wildman–Crippen MR) is 208 cm³/mol. The highest BCUT2D eigenvalue weighted by Crippen LogP contribution is 2.41. The van der Waals surface area contributed by atoms with E-state index in [0.29, 0.717) is 6.54 Å². The van der Waals surface area contributed by atoms with Crippen molar-refractivity contribution in [2.24, 2.45) is 10.7 Å². The standard InChI is InChI=1S/C45H34N4O2/c46-44(36-16-10-20-40-41(36)35-15-6-9-19-39(35)50-40)48-45(29-11-2-1-3-12-29)47-27-28-21-23-30(24-22-28)49-37-17-7-4-13-31(37)33-25-26-34-32-14-5-8-18-38(32)51-43(34)42(33)49/h1-4,6-13,15-26,44H,5,14,27,46H2,(H,47,48). The Kier molecular flexibility index (Phi) is 6.89. The summed E-state index contributed by atoms with van der Waals surface area (Å²) in [5, 5.41) is 9.21. The number of fused-ring (bicyclic) bond motifs is 10. The summed E-state index contributed by atoms with van der Waals surface area (Å²) in [5.41, 5.74) is 17.2. The van der Waals surface area contributed by atoms with E-state index in [4.69, 9.17) is 19.6 Å². The topological polar surface area (TPSA) is 81.6 Å². The van der Waals surface area contributed by atoms with Gasteiger partial charge >= 0.3 is 0 Å². The highest BCUT2D eigenvalue weighted by atomic mass is 16.3. The van der Waals surface area contributed by atoms with Crippen LogP contribution in [-0.2, 0) is 13.0 Å². The van der Waals surface area contributed by atoms with E-state index in [1.807, 2.05) is 48.5 Å². The molecule has 6 nitrogen and oxygen atoms in total. The quantitative estimate of drug-likeness (QED) is 0.105. The van der Waals surface area contributed by atoms with Crippen LogP contribution < -0.4 is 11.1 Å². The highest BCUT2D eigenvalue weighted by Gasteiger charge is 2.22. The van der Waals surface area contributed by atoms with Gasteiger partial charge in [0.1, 0.15) is 28.9 Å². The van der Waals surface area contributed by atoms with Gasteiger partial charge in [0.05, 0.1) is 17.6 Å². The van der Waals surface area contributed by atoms with Gasteiger partial charge in [-0.3, -0.25) is 4.99 Å². The third-order valence-corrected chi connectivity index (χ3v) is 10.2. The Hall–Kier alpha value is -6.37. The van der Waals surface area contributed by atoms with E-state index in [9.17, 15) is 0 Å². The molecule has 0 spiro atoms. The van der Waals surface area contributed by atoms with Crippen LogP contribution in [-0.4, -0.2) is 10.4 Å². The second kappa shape index (κ2) is 11.9. The molecule has 1 aliphatic rings. The number of nitrogens with one attached hydrogen (secondary N) is 1. The maximum absolute atomic E-state index is 6.91. The molecule has 6 aromatic carbocycles. The minimum absolute atomic E-state index is 0.484. The number of aromatic nitrogens is 1. The summed E-state index contributed by atoms with van der Waals surface area (Å²) in [4.78, 5) is 5.10. The number of aliphatic imine (C=N–C) groups is 1. The predicted octanol–water partition coefficient (Wildman–Crippen LogP) is 10.6. The molecule has 0 bridgehead atoms. The number of aryl methyl sites for hydroxylation is 1. The molecule has 0 saturated heterocycles. The molecule has 3 aromatic heterocycles. The van der Waals surface area contributed by atoms with Gasteiger partial charge in [-0.1, -0.05) is 109 Å². The Morgan fingerprint density at radius 1 is 0.725 bits per heavy atom. The van der Waals surface area contributed by atoms with Gasteiger partial charge < -0.3 is 24.5 Å². The number of para-hydroxylation sites is 2. The number of rotatable bonds is 6. The molecule has 6 heteroatoms. The number of allylic oxidation sites excluding steroid dienone is 1. The van der Waals surface area contributed by atoms with Gasteiger partial charge in [-0.15, -0.1) is 0 Å². The molecule has 1 unspecified atom stereocenters. The lowest BCUT2D eigenvalue weighted by Crippen LogP contribution is -2.35. The average molecular weight is 663 g/mol. The van der Waals surface area contributed by atoms with Crippen LogP contribution in [0.25, 0.3) is 66.5 Å². The molecular weight excluding hydrogens is 629 g/mol. The van der Waals surface area contributed by atoms with E-state index in [1.165, 1.54) is 21.7 Å². The van der Waals surface area contributed by atoms with Crippen molar-refractivity contribution >= 4 is 66.6 Å². The first kappa shape index (κ1) is 29.5. The smallest absolute Gasteiger partial charge is 0.159 e. The van der Waals surface area contributed by atoms with E-state index in [-0.39, 0.29) is 0 Å².